The molecule has 24 heavy (non-hydrogen) atoms. The highest BCUT2D eigenvalue weighted by atomic mass is 32.1. The van der Waals surface area contributed by atoms with Crippen molar-refractivity contribution < 1.29 is 19.1 Å². The lowest BCUT2D eigenvalue weighted by atomic mass is 10.2. The van der Waals surface area contributed by atoms with Crippen molar-refractivity contribution in [3.8, 4) is 10.4 Å². The Morgan fingerprint density at radius 2 is 1.67 bits per heavy atom. The maximum Gasteiger partial charge on any atom is 0.337 e. The van der Waals surface area contributed by atoms with Crippen LogP contribution in [0.15, 0.2) is 60.7 Å². The summed E-state index contributed by atoms with van der Waals surface area (Å²) in [7, 11) is 0. The van der Waals surface area contributed by atoms with Crippen molar-refractivity contribution in [3.05, 3.63) is 76.9 Å². The molecule has 0 aliphatic carbocycles. The van der Waals surface area contributed by atoms with Gasteiger partial charge in [-0.1, -0.05) is 24.3 Å². The molecule has 0 spiro atoms. The second kappa shape index (κ2) is 6.64. The third-order valence-electron chi connectivity index (χ3n) is 3.36. The number of amides is 1. The lowest BCUT2D eigenvalue weighted by molar-refractivity contribution is 0.0698. The molecule has 0 radical (unpaired) electrons. The fourth-order valence-corrected chi connectivity index (χ4v) is 3.10. The minimum atomic E-state index is -1.11. The average molecular weight is 341 g/mol. The molecule has 0 aliphatic heterocycles. The summed E-state index contributed by atoms with van der Waals surface area (Å²) in [6, 6.07) is 15.6. The summed E-state index contributed by atoms with van der Waals surface area (Å²) in [5.74, 6) is -1.82. The largest absolute Gasteiger partial charge is 0.478 e. The quantitative estimate of drug-likeness (QED) is 0.734. The highest BCUT2D eigenvalue weighted by Gasteiger charge is 2.15. The highest BCUT2D eigenvalue weighted by molar-refractivity contribution is 7.17. The minimum Gasteiger partial charge on any atom is -0.478 e. The number of para-hydroxylation sites is 1. The molecule has 3 rings (SSSR count). The first kappa shape index (κ1) is 15.9. The Balaban J connectivity index is 1.82. The Kier molecular flexibility index (Phi) is 4.39. The summed E-state index contributed by atoms with van der Waals surface area (Å²) in [5.41, 5.74) is 1.08. The number of carbonyl (C=O) groups excluding carboxylic acids is 1. The second-order valence-corrected chi connectivity index (χ2v) is 6.06. The van der Waals surface area contributed by atoms with E-state index < -0.39 is 5.97 Å². The number of thiophene rings is 1. The van der Waals surface area contributed by atoms with Crippen molar-refractivity contribution in [2.75, 3.05) is 5.32 Å². The molecule has 0 bridgehead atoms. The smallest absolute Gasteiger partial charge is 0.337 e. The van der Waals surface area contributed by atoms with Crippen LogP contribution in [0.2, 0.25) is 0 Å². The number of carbonyl (C=O) groups is 2. The minimum absolute atomic E-state index is 0.0289. The third-order valence-corrected chi connectivity index (χ3v) is 4.50. The van der Waals surface area contributed by atoms with E-state index >= 15 is 0 Å². The molecular weight excluding hydrogens is 329 g/mol. The van der Waals surface area contributed by atoms with Gasteiger partial charge in [-0.25, -0.2) is 9.18 Å². The van der Waals surface area contributed by atoms with Gasteiger partial charge in [-0.05, 0) is 42.0 Å². The van der Waals surface area contributed by atoms with Gasteiger partial charge in [-0.3, -0.25) is 4.79 Å². The van der Waals surface area contributed by atoms with Gasteiger partial charge in [0.2, 0.25) is 0 Å². The van der Waals surface area contributed by atoms with E-state index in [2.05, 4.69) is 5.32 Å². The molecule has 0 aliphatic rings. The van der Waals surface area contributed by atoms with E-state index in [0.29, 0.717) is 4.88 Å². The summed E-state index contributed by atoms with van der Waals surface area (Å²) in [6.45, 7) is 0. The number of rotatable bonds is 4. The standard InChI is InChI=1S/C18H12FNO3S/c19-12-7-5-11(6-8-12)15-9-10-16(24-15)17(21)20-14-4-2-1-3-13(14)18(22)23/h1-10H,(H,20,21)(H,22,23). The molecule has 0 saturated heterocycles. The topological polar surface area (TPSA) is 66.4 Å². The zero-order valence-corrected chi connectivity index (χ0v) is 13.1. The molecule has 1 amide bonds. The Hall–Kier alpha value is -2.99. The molecule has 0 unspecified atom stereocenters. The first-order valence-electron chi connectivity index (χ1n) is 7.04. The highest BCUT2D eigenvalue weighted by Crippen LogP contribution is 2.29. The van der Waals surface area contributed by atoms with Crippen LogP contribution >= 0.6 is 11.3 Å². The molecule has 1 heterocycles. The van der Waals surface area contributed by atoms with Gasteiger partial charge in [-0.2, -0.15) is 0 Å². The Morgan fingerprint density at radius 1 is 0.958 bits per heavy atom. The van der Waals surface area contributed by atoms with E-state index in [0.717, 1.165) is 10.4 Å². The van der Waals surface area contributed by atoms with Crippen LogP contribution in [0.1, 0.15) is 20.0 Å². The van der Waals surface area contributed by atoms with Gasteiger partial charge < -0.3 is 10.4 Å². The van der Waals surface area contributed by atoms with E-state index in [1.54, 1.807) is 36.4 Å². The van der Waals surface area contributed by atoms with Crippen LogP contribution in [0.5, 0.6) is 0 Å². The van der Waals surface area contributed by atoms with Gasteiger partial charge in [0.05, 0.1) is 16.1 Å². The molecule has 6 heteroatoms. The number of nitrogens with one attached hydrogen (secondary N) is 1. The van der Waals surface area contributed by atoms with Crippen molar-refractivity contribution in [3.63, 3.8) is 0 Å². The zero-order chi connectivity index (χ0) is 17.1. The first-order chi connectivity index (χ1) is 11.5. The van der Waals surface area contributed by atoms with E-state index in [-0.39, 0.29) is 23.0 Å². The van der Waals surface area contributed by atoms with Crippen molar-refractivity contribution in [1.82, 2.24) is 0 Å². The number of aromatic carboxylic acids is 1. The molecule has 120 valence electrons. The third kappa shape index (κ3) is 3.33. The summed E-state index contributed by atoms with van der Waals surface area (Å²) >= 11 is 1.25. The number of hydrogen-bond acceptors (Lipinski definition) is 3. The fraction of sp³-hybridized carbons (Fsp3) is 0. The van der Waals surface area contributed by atoms with Gasteiger partial charge in [0, 0.05) is 4.88 Å². The zero-order valence-electron chi connectivity index (χ0n) is 12.3. The Labute approximate surface area is 141 Å². The van der Waals surface area contributed by atoms with Gasteiger partial charge in [-0.15, -0.1) is 11.3 Å². The molecule has 2 N–H and O–H groups in total. The summed E-state index contributed by atoms with van der Waals surface area (Å²) in [5, 5.41) is 11.8. The maximum atomic E-state index is 13.0. The van der Waals surface area contributed by atoms with Crippen molar-refractivity contribution in [2.45, 2.75) is 0 Å². The number of benzene rings is 2. The SMILES string of the molecule is O=C(Nc1ccccc1C(=O)O)c1ccc(-c2ccc(F)cc2)s1. The summed E-state index contributed by atoms with van der Waals surface area (Å²) in [4.78, 5) is 24.8. The molecule has 0 saturated carbocycles. The van der Waals surface area contributed by atoms with Crippen LogP contribution in [-0.4, -0.2) is 17.0 Å². The number of halogens is 1. The van der Waals surface area contributed by atoms with Crippen LogP contribution in [-0.2, 0) is 0 Å². The fourth-order valence-electron chi connectivity index (χ4n) is 2.19. The van der Waals surface area contributed by atoms with Crippen LogP contribution in [0.3, 0.4) is 0 Å². The number of carboxylic acids is 1. The molecular formula is C18H12FNO3S. The molecule has 1 aromatic heterocycles. The molecule has 0 atom stereocenters. The average Bonchev–Trinajstić information content (AvgIpc) is 3.06. The lowest BCUT2D eigenvalue weighted by Gasteiger charge is -2.06. The van der Waals surface area contributed by atoms with E-state index in [1.165, 1.54) is 35.6 Å². The lowest BCUT2D eigenvalue weighted by Crippen LogP contribution is -2.13. The normalized spacial score (nSPS) is 10.4. The van der Waals surface area contributed by atoms with E-state index in [1.807, 2.05) is 0 Å². The van der Waals surface area contributed by atoms with Crippen LogP contribution < -0.4 is 5.32 Å². The molecule has 3 aromatic rings. The van der Waals surface area contributed by atoms with Crippen LogP contribution in [0, 0.1) is 5.82 Å². The molecule has 4 nitrogen and oxygen atoms in total. The number of anilines is 1. The Morgan fingerprint density at radius 3 is 2.38 bits per heavy atom. The van der Waals surface area contributed by atoms with Crippen molar-refractivity contribution in [1.29, 1.82) is 0 Å². The predicted octanol–water partition coefficient (Wildman–Crippen LogP) is 4.50. The first-order valence-corrected chi connectivity index (χ1v) is 7.85. The number of hydrogen-bond donors (Lipinski definition) is 2. The summed E-state index contributed by atoms with van der Waals surface area (Å²) < 4.78 is 13.0. The maximum absolute atomic E-state index is 13.0. The van der Waals surface area contributed by atoms with Gasteiger partial charge in [0.1, 0.15) is 5.82 Å². The predicted molar refractivity (Wildman–Crippen MR) is 91.1 cm³/mol. The second-order valence-electron chi connectivity index (χ2n) is 4.98. The van der Waals surface area contributed by atoms with Gasteiger partial charge in [0.25, 0.3) is 5.91 Å². The van der Waals surface area contributed by atoms with Crippen molar-refractivity contribution in [2.24, 2.45) is 0 Å². The van der Waals surface area contributed by atoms with E-state index in [9.17, 15) is 14.0 Å². The number of carboxylic acid groups (broad SMARTS) is 1. The van der Waals surface area contributed by atoms with Gasteiger partial charge in [0.15, 0.2) is 0 Å². The van der Waals surface area contributed by atoms with Crippen LogP contribution in [0.25, 0.3) is 10.4 Å². The summed E-state index contributed by atoms with van der Waals surface area (Å²) in [6.07, 6.45) is 0. The molecule has 0 fully saturated rings. The Bertz CT molecular complexity index is 903. The van der Waals surface area contributed by atoms with Gasteiger partial charge >= 0.3 is 5.97 Å². The van der Waals surface area contributed by atoms with E-state index in [4.69, 9.17) is 5.11 Å². The molecule has 2 aromatic carbocycles. The monoisotopic (exact) mass is 341 g/mol. The van der Waals surface area contributed by atoms with Crippen LogP contribution in [0.4, 0.5) is 10.1 Å². The van der Waals surface area contributed by atoms with Crippen molar-refractivity contribution >= 4 is 28.9 Å².